The molecule has 2 aromatic rings. The number of carbonyl (C=O) groups is 3. The van der Waals surface area contributed by atoms with Gasteiger partial charge in [-0.05, 0) is 30.7 Å². The van der Waals surface area contributed by atoms with Crippen molar-refractivity contribution in [2.24, 2.45) is 0 Å². The fourth-order valence-corrected chi connectivity index (χ4v) is 3.55. The van der Waals surface area contributed by atoms with E-state index in [-0.39, 0.29) is 30.7 Å². The van der Waals surface area contributed by atoms with Crippen molar-refractivity contribution in [2.45, 2.75) is 19.3 Å². The minimum Gasteiger partial charge on any atom is -0.336 e. The molecule has 1 aromatic heterocycles. The maximum atomic E-state index is 12.9. The van der Waals surface area contributed by atoms with Crippen molar-refractivity contribution in [1.29, 1.82) is 0 Å². The number of carbonyl (C=O) groups excluding carboxylic acids is 3. The molecule has 1 N–H and O–H groups in total. The van der Waals surface area contributed by atoms with Gasteiger partial charge in [-0.1, -0.05) is 0 Å². The molecule has 1 saturated heterocycles. The molecule has 1 fully saturated rings. The Hall–Kier alpha value is -2.81. The number of hydrogen-bond donors (Lipinski definition) is 1. The van der Waals surface area contributed by atoms with Crippen molar-refractivity contribution in [1.82, 2.24) is 9.88 Å². The molecule has 27 heavy (non-hydrogen) atoms. The highest BCUT2D eigenvalue weighted by molar-refractivity contribution is 7.14. The molecule has 0 saturated carbocycles. The van der Waals surface area contributed by atoms with Crippen molar-refractivity contribution in [3.63, 3.8) is 0 Å². The quantitative estimate of drug-likeness (QED) is 0.818. The lowest BCUT2D eigenvalue weighted by Crippen LogP contribution is -2.35. The molecule has 142 valence electrons. The average Bonchev–Trinajstić information content (AvgIpc) is 3.25. The van der Waals surface area contributed by atoms with Crippen LogP contribution < -0.4 is 10.2 Å². The van der Waals surface area contributed by atoms with Crippen molar-refractivity contribution in [3.8, 4) is 0 Å². The third kappa shape index (κ3) is 4.88. The first kappa shape index (κ1) is 19.0. The normalized spacial score (nSPS) is 13.7. The summed E-state index contributed by atoms with van der Waals surface area (Å²) in [6, 6.07) is 5.39. The van der Waals surface area contributed by atoms with Gasteiger partial charge in [0.05, 0.1) is 18.7 Å². The highest BCUT2D eigenvalue weighted by Crippen LogP contribution is 2.25. The van der Waals surface area contributed by atoms with Gasteiger partial charge in [0.25, 0.3) is 0 Å². The Balaban J connectivity index is 1.51. The van der Waals surface area contributed by atoms with Crippen LogP contribution in [0.3, 0.4) is 0 Å². The summed E-state index contributed by atoms with van der Waals surface area (Å²) in [6.45, 7) is 0.529. The molecular weight excluding hydrogens is 371 g/mol. The second-order valence-corrected chi connectivity index (χ2v) is 7.09. The second kappa shape index (κ2) is 8.26. The number of amides is 3. The number of halogens is 1. The summed E-state index contributed by atoms with van der Waals surface area (Å²) in [5.74, 6) is -0.969. The molecule has 0 radical (unpaired) electrons. The van der Waals surface area contributed by atoms with E-state index in [2.05, 4.69) is 10.3 Å². The van der Waals surface area contributed by atoms with Crippen LogP contribution in [0.4, 0.5) is 15.2 Å². The zero-order valence-electron chi connectivity index (χ0n) is 14.8. The summed E-state index contributed by atoms with van der Waals surface area (Å²) in [5.41, 5.74) is 1.03. The molecule has 0 bridgehead atoms. The van der Waals surface area contributed by atoms with Crippen LogP contribution in [0.1, 0.15) is 18.5 Å². The number of hydrogen-bond acceptors (Lipinski definition) is 5. The molecule has 2 heterocycles. The lowest BCUT2D eigenvalue weighted by molar-refractivity contribution is -0.132. The van der Waals surface area contributed by atoms with Crippen LogP contribution in [-0.2, 0) is 20.8 Å². The van der Waals surface area contributed by atoms with Crippen LogP contribution in [0.2, 0.25) is 0 Å². The van der Waals surface area contributed by atoms with Gasteiger partial charge in [0, 0.05) is 31.1 Å². The maximum absolute atomic E-state index is 12.9. The summed E-state index contributed by atoms with van der Waals surface area (Å²) in [7, 11) is 1.53. The maximum Gasteiger partial charge on any atom is 0.243 e. The highest BCUT2D eigenvalue weighted by atomic mass is 32.1. The summed E-state index contributed by atoms with van der Waals surface area (Å²) in [5, 5.41) is 4.97. The topological polar surface area (TPSA) is 82.6 Å². The fourth-order valence-electron chi connectivity index (χ4n) is 2.68. The number of rotatable bonds is 6. The summed E-state index contributed by atoms with van der Waals surface area (Å²) in [6.07, 6.45) is 1.40. The van der Waals surface area contributed by atoms with E-state index >= 15 is 0 Å². The number of anilines is 2. The molecule has 0 aliphatic carbocycles. The fraction of sp³-hybridized carbons (Fsp3) is 0.333. The Morgan fingerprint density at radius 3 is 2.74 bits per heavy atom. The van der Waals surface area contributed by atoms with E-state index in [1.54, 1.807) is 10.3 Å². The first-order valence-corrected chi connectivity index (χ1v) is 9.34. The van der Waals surface area contributed by atoms with E-state index in [9.17, 15) is 18.8 Å². The van der Waals surface area contributed by atoms with Gasteiger partial charge in [0.2, 0.25) is 17.7 Å². The number of nitrogens with one attached hydrogen (secondary N) is 1. The Kier molecular flexibility index (Phi) is 5.80. The van der Waals surface area contributed by atoms with Crippen LogP contribution in [0, 0.1) is 5.82 Å². The lowest BCUT2D eigenvalue weighted by Gasteiger charge is -2.16. The lowest BCUT2D eigenvalue weighted by atomic mass is 10.3. The van der Waals surface area contributed by atoms with E-state index < -0.39 is 5.82 Å². The van der Waals surface area contributed by atoms with Gasteiger partial charge < -0.3 is 10.2 Å². The van der Waals surface area contributed by atoms with Gasteiger partial charge in [-0.2, -0.15) is 0 Å². The van der Waals surface area contributed by atoms with Crippen LogP contribution in [0.25, 0.3) is 0 Å². The molecule has 7 nitrogen and oxygen atoms in total. The van der Waals surface area contributed by atoms with Crippen molar-refractivity contribution >= 4 is 39.9 Å². The molecule has 0 spiro atoms. The van der Waals surface area contributed by atoms with E-state index in [4.69, 9.17) is 0 Å². The standard InChI is InChI=1S/C18H19FN4O3S/c1-22(10-15(24)20-13-6-4-12(19)5-7-13)17(26)9-14-11-27-18(21-14)23-8-2-3-16(23)25/h4-7,11H,2-3,8-10H2,1H3,(H,20,24). The van der Waals surface area contributed by atoms with E-state index in [0.717, 1.165) is 6.42 Å². The van der Waals surface area contributed by atoms with Gasteiger partial charge in [-0.3, -0.25) is 19.3 Å². The molecule has 1 aromatic carbocycles. The number of benzene rings is 1. The Bertz CT molecular complexity index is 853. The smallest absolute Gasteiger partial charge is 0.243 e. The van der Waals surface area contributed by atoms with Crippen molar-refractivity contribution in [2.75, 3.05) is 30.4 Å². The Labute approximate surface area is 159 Å². The van der Waals surface area contributed by atoms with Crippen LogP contribution >= 0.6 is 11.3 Å². The predicted octanol–water partition coefficient (Wildman–Crippen LogP) is 2.05. The average molecular weight is 390 g/mol. The molecule has 0 unspecified atom stereocenters. The number of thiazole rings is 1. The van der Waals surface area contributed by atoms with Gasteiger partial charge in [-0.15, -0.1) is 11.3 Å². The molecule has 3 rings (SSSR count). The molecular formula is C18H19FN4O3S. The first-order valence-electron chi connectivity index (χ1n) is 8.46. The molecule has 1 aliphatic rings. The van der Waals surface area contributed by atoms with Gasteiger partial charge in [-0.25, -0.2) is 9.37 Å². The molecule has 1 aliphatic heterocycles. The first-order chi connectivity index (χ1) is 12.9. The largest absolute Gasteiger partial charge is 0.336 e. The second-order valence-electron chi connectivity index (χ2n) is 6.25. The summed E-state index contributed by atoms with van der Waals surface area (Å²) >= 11 is 1.33. The zero-order valence-corrected chi connectivity index (χ0v) is 15.6. The number of nitrogens with zero attached hydrogens (tertiary/aromatic N) is 3. The van der Waals surface area contributed by atoms with Gasteiger partial charge in [0.15, 0.2) is 5.13 Å². The minimum atomic E-state index is -0.390. The van der Waals surface area contributed by atoms with Crippen LogP contribution in [-0.4, -0.2) is 47.7 Å². The number of likely N-dealkylation sites (N-methyl/N-ethyl adjacent to an activating group) is 1. The van der Waals surface area contributed by atoms with Gasteiger partial charge >= 0.3 is 0 Å². The summed E-state index contributed by atoms with van der Waals surface area (Å²) < 4.78 is 12.9. The molecule has 3 amide bonds. The van der Waals surface area contributed by atoms with E-state index in [1.165, 1.54) is 47.5 Å². The van der Waals surface area contributed by atoms with Crippen LogP contribution in [0.15, 0.2) is 29.6 Å². The summed E-state index contributed by atoms with van der Waals surface area (Å²) in [4.78, 5) is 43.4. The Morgan fingerprint density at radius 2 is 2.07 bits per heavy atom. The molecule has 9 heteroatoms. The predicted molar refractivity (Wildman–Crippen MR) is 100 cm³/mol. The van der Waals surface area contributed by atoms with Crippen LogP contribution in [0.5, 0.6) is 0 Å². The molecule has 0 atom stereocenters. The van der Waals surface area contributed by atoms with E-state index in [1.807, 2.05) is 0 Å². The monoisotopic (exact) mass is 390 g/mol. The Morgan fingerprint density at radius 1 is 1.33 bits per heavy atom. The van der Waals surface area contributed by atoms with Gasteiger partial charge in [0.1, 0.15) is 5.82 Å². The third-order valence-corrected chi connectivity index (χ3v) is 5.02. The highest BCUT2D eigenvalue weighted by Gasteiger charge is 2.24. The van der Waals surface area contributed by atoms with Crippen molar-refractivity contribution < 1.29 is 18.8 Å². The SMILES string of the molecule is CN(CC(=O)Nc1ccc(F)cc1)C(=O)Cc1csc(N2CCCC2=O)n1. The van der Waals surface area contributed by atoms with Crippen molar-refractivity contribution in [3.05, 3.63) is 41.2 Å². The zero-order chi connectivity index (χ0) is 19.4. The van der Waals surface area contributed by atoms with E-state index in [0.29, 0.717) is 29.5 Å². The number of aromatic nitrogens is 1. The third-order valence-electron chi connectivity index (χ3n) is 4.11. The minimum absolute atomic E-state index is 0.0526.